The molecule has 0 spiro atoms. The van der Waals surface area contributed by atoms with Gasteiger partial charge >= 0.3 is 0 Å². The smallest absolute Gasteiger partial charge is 0.0613 e. The van der Waals surface area contributed by atoms with E-state index in [-0.39, 0.29) is 5.54 Å². The summed E-state index contributed by atoms with van der Waals surface area (Å²) in [6.45, 7) is 4.84. The third kappa shape index (κ3) is 2.73. The first-order valence-electron chi connectivity index (χ1n) is 6.52. The van der Waals surface area contributed by atoms with Gasteiger partial charge in [-0.05, 0) is 57.3 Å². The molecule has 2 heteroatoms. The molecule has 1 atom stereocenters. The second kappa shape index (κ2) is 4.42. The van der Waals surface area contributed by atoms with Crippen molar-refractivity contribution in [3.63, 3.8) is 0 Å². The van der Waals surface area contributed by atoms with Gasteiger partial charge in [0.2, 0.25) is 0 Å². The van der Waals surface area contributed by atoms with E-state index in [1.165, 1.54) is 38.5 Å². The molecule has 2 saturated carbocycles. The maximum absolute atomic E-state index is 9.52. The van der Waals surface area contributed by atoms with E-state index in [4.69, 9.17) is 0 Å². The summed E-state index contributed by atoms with van der Waals surface area (Å²) in [5, 5.41) is 13.2. The number of hydrogen-bond donors (Lipinski definition) is 2. The minimum absolute atomic E-state index is 0.00520. The van der Waals surface area contributed by atoms with Gasteiger partial charge in [-0.25, -0.2) is 0 Å². The van der Waals surface area contributed by atoms with Crippen LogP contribution in [0.2, 0.25) is 0 Å². The Bertz CT molecular complexity index is 207. The van der Waals surface area contributed by atoms with E-state index < -0.39 is 0 Å². The summed E-state index contributed by atoms with van der Waals surface area (Å²) in [5.74, 6) is 1.63. The van der Waals surface area contributed by atoms with Gasteiger partial charge in [0.15, 0.2) is 0 Å². The molecule has 0 aromatic heterocycles. The first-order valence-corrected chi connectivity index (χ1v) is 6.52. The van der Waals surface area contributed by atoms with Gasteiger partial charge in [0, 0.05) is 11.6 Å². The van der Waals surface area contributed by atoms with E-state index in [1.54, 1.807) is 0 Å². The molecule has 0 aliphatic heterocycles. The second-order valence-corrected chi connectivity index (χ2v) is 5.95. The van der Waals surface area contributed by atoms with Crippen molar-refractivity contribution in [2.75, 3.05) is 6.61 Å². The molecule has 0 aromatic carbocycles. The lowest BCUT2D eigenvalue weighted by Crippen LogP contribution is -2.53. The quantitative estimate of drug-likeness (QED) is 0.748. The van der Waals surface area contributed by atoms with Crippen molar-refractivity contribution in [3.8, 4) is 0 Å². The molecule has 88 valence electrons. The Morgan fingerprint density at radius 1 is 1.13 bits per heavy atom. The molecular weight excluding hydrogens is 186 g/mol. The van der Waals surface area contributed by atoms with E-state index in [0.29, 0.717) is 12.6 Å². The Morgan fingerprint density at radius 3 is 2.20 bits per heavy atom. The van der Waals surface area contributed by atoms with Crippen LogP contribution in [-0.4, -0.2) is 23.3 Å². The number of aliphatic hydroxyl groups excluding tert-OH is 1. The normalized spacial score (nSPS) is 36.2. The molecule has 2 N–H and O–H groups in total. The first kappa shape index (κ1) is 11.4. The predicted octanol–water partition coefficient (Wildman–Crippen LogP) is 2.32. The molecule has 2 aliphatic carbocycles. The van der Waals surface area contributed by atoms with Gasteiger partial charge in [-0.15, -0.1) is 0 Å². The van der Waals surface area contributed by atoms with Crippen molar-refractivity contribution in [2.24, 2.45) is 11.8 Å². The van der Waals surface area contributed by atoms with Crippen molar-refractivity contribution >= 4 is 0 Å². The molecule has 0 amide bonds. The van der Waals surface area contributed by atoms with Crippen LogP contribution in [0.1, 0.15) is 52.4 Å². The van der Waals surface area contributed by atoms with E-state index >= 15 is 0 Å². The summed E-state index contributed by atoms with van der Waals surface area (Å²) < 4.78 is 0. The van der Waals surface area contributed by atoms with Crippen LogP contribution in [0.4, 0.5) is 0 Å². The summed E-state index contributed by atoms with van der Waals surface area (Å²) in [6.07, 6.45) is 7.89. The molecule has 2 nitrogen and oxygen atoms in total. The van der Waals surface area contributed by atoms with Gasteiger partial charge in [0.25, 0.3) is 0 Å². The van der Waals surface area contributed by atoms with Crippen LogP contribution in [-0.2, 0) is 0 Å². The van der Waals surface area contributed by atoms with Crippen LogP contribution in [0.25, 0.3) is 0 Å². The van der Waals surface area contributed by atoms with E-state index in [1.807, 2.05) is 0 Å². The number of rotatable bonds is 4. The second-order valence-electron chi connectivity index (χ2n) is 5.95. The molecule has 0 bridgehead atoms. The van der Waals surface area contributed by atoms with Crippen LogP contribution < -0.4 is 5.32 Å². The van der Waals surface area contributed by atoms with Gasteiger partial charge in [-0.1, -0.05) is 6.92 Å². The molecule has 0 heterocycles. The minimum atomic E-state index is 0.00520. The highest BCUT2D eigenvalue weighted by Crippen LogP contribution is 2.40. The van der Waals surface area contributed by atoms with Crippen LogP contribution in [0, 0.1) is 11.8 Å². The lowest BCUT2D eigenvalue weighted by Gasteiger charge is -2.37. The monoisotopic (exact) mass is 211 g/mol. The van der Waals surface area contributed by atoms with Gasteiger partial charge in [0.1, 0.15) is 0 Å². The molecule has 2 fully saturated rings. The Hall–Kier alpha value is -0.0800. The van der Waals surface area contributed by atoms with Crippen LogP contribution >= 0.6 is 0 Å². The number of nitrogens with one attached hydrogen (secondary N) is 1. The van der Waals surface area contributed by atoms with Gasteiger partial charge in [0.05, 0.1) is 6.61 Å². The Kier molecular flexibility index (Phi) is 3.36. The zero-order valence-electron chi connectivity index (χ0n) is 10.1. The maximum atomic E-state index is 9.52. The lowest BCUT2D eigenvalue weighted by atomic mass is 9.85. The Balaban J connectivity index is 1.84. The third-order valence-electron chi connectivity index (χ3n) is 4.36. The first-order chi connectivity index (χ1) is 7.14. The fourth-order valence-corrected chi connectivity index (χ4v) is 2.88. The molecule has 0 saturated heterocycles. The summed E-state index contributed by atoms with van der Waals surface area (Å²) >= 11 is 0. The summed E-state index contributed by atoms with van der Waals surface area (Å²) in [7, 11) is 0. The third-order valence-corrected chi connectivity index (χ3v) is 4.36. The van der Waals surface area contributed by atoms with Gasteiger partial charge < -0.3 is 10.4 Å². The molecule has 0 radical (unpaired) electrons. The van der Waals surface area contributed by atoms with Gasteiger partial charge in [-0.3, -0.25) is 0 Å². The fourth-order valence-electron chi connectivity index (χ4n) is 2.88. The largest absolute Gasteiger partial charge is 0.394 e. The zero-order valence-corrected chi connectivity index (χ0v) is 10.1. The van der Waals surface area contributed by atoms with E-state index in [2.05, 4.69) is 19.2 Å². The summed E-state index contributed by atoms with van der Waals surface area (Å²) in [5.41, 5.74) is 0.00520. The molecule has 0 aromatic rings. The van der Waals surface area contributed by atoms with Crippen molar-refractivity contribution in [2.45, 2.75) is 64.0 Å². The van der Waals surface area contributed by atoms with E-state index in [9.17, 15) is 5.11 Å². The molecule has 2 aliphatic rings. The molecule has 15 heavy (non-hydrogen) atoms. The zero-order chi connectivity index (χ0) is 10.9. The highest BCUT2D eigenvalue weighted by Gasteiger charge is 2.42. The van der Waals surface area contributed by atoms with Crippen LogP contribution in [0.5, 0.6) is 0 Å². The summed E-state index contributed by atoms with van der Waals surface area (Å²) in [6, 6.07) is 0.652. The van der Waals surface area contributed by atoms with Crippen molar-refractivity contribution < 1.29 is 5.11 Å². The lowest BCUT2D eigenvalue weighted by molar-refractivity contribution is 0.128. The topological polar surface area (TPSA) is 32.3 Å². The van der Waals surface area contributed by atoms with Crippen molar-refractivity contribution in [3.05, 3.63) is 0 Å². The highest BCUT2D eigenvalue weighted by atomic mass is 16.3. The number of hydrogen-bond acceptors (Lipinski definition) is 2. The fraction of sp³-hybridized carbons (Fsp3) is 1.00. The Labute approximate surface area is 93.5 Å². The highest BCUT2D eigenvalue weighted by molar-refractivity contribution is 4.99. The SMILES string of the molecule is CC1CCC(NC(C)(CO)C2CC2)CC1. The predicted molar refractivity (Wildman–Crippen MR) is 62.8 cm³/mol. The Morgan fingerprint density at radius 2 is 1.73 bits per heavy atom. The average molecular weight is 211 g/mol. The average Bonchev–Trinajstić information content (AvgIpc) is 3.05. The standard InChI is InChI=1S/C13H25NO/c1-10-3-7-12(8-4-10)14-13(2,9-15)11-5-6-11/h10-12,14-15H,3-9H2,1-2H3. The van der Waals surface area contributed by atoms with Gasteiger partial charge in [-0.2, -0.15) is 0 Å². The number of aliphatic hydroxyl groups is 1. The molecule has 2 rings (SSSR count). The van der Waals surface area contributed by atoms with Crippen molar-refractivity contribution in [1.29, 1.82) is 0 Å². The molecule has 1 unspecified atom stereocenters. The maximum Gasteiger partial charge on any atom is 0.0613 e. The van der Waals surface area contributed by atoms with Crippen molar-refractivity contribution in [1.82, 2.24) is 5.32 Å². The van der Waals surface area contributed by atoms with Crippen LogP contribution in [0.3, 0.4) is 0 Å². The van der Waals surface area contributed by atoms with Crippen LogP contribution in [0.15, 0.2) is 0 Å². The minimum Gasteiger partial charge on any atom is -0.394 e. The summed E-state index contributed by atoms with van der Waals surface area (Å²) in [4.78, 5) is 0. The molecular formula is C13H25NO. The van der Waals surface area contributed by atoms with E-state index in [0.717, 1.165) is 11.8 Å².